The van der Waals surface area contributed by atoms with Crippen LogP contribution in [0.4, 0.5) is 5.69 Å². The molecule has 272 valence electrons. The number of sulfonamides is 1. The van der Waals surface area contributed by atoms with Gasteiger partial charge in [-0.05, 0) is 92.5 Å². The second-order valence-corrected chi connectivity index (χ2v) is 18.5. The first-order valence-corrected chi connectivity index (χ1v) is 21.0. The molecule has 2 saturated heterocycles. The van der Waals surface area contributed by atoms with E-state index < -0.39 is 21.2 Å². The molecule has 6 aliphatic rings. The van der Waals surface area contributed by atoms with Gasteiger partial charge in [0.15, 0.2) is 0 Å². The molecule has 4 heterocycles. The van der Waals surface area contributed by atoms with Gasteiger partial charge in [0.05, 0.1) is 30.8 Å². The summed E-state index contributed by atoms with van der Waals surface area (Å²) in [6.07, 6.45) is 9.86. The number of carbonyl (C=O) groups is 1. The number of fused-ring (bicyclic) bond motifs is 5. The Hall–Kier alpha value is -2.66. The average Bonchev–Trinajstić information content (AvgIpc) is 3.27. The molecule has 0 radical (unpaired) electrons. The van der Waals surface area contributed by atoms with E-state index in [1.807, 2.05) is 19.1 Å². The van der Waals surface area contributed by atoms with Crippen LogP contribution in [0.2, 0.25) is 0 Å². The van der Waals surface area contributed by atoms with Crippen molar-refractivity contribution < 1.29 is 22.7 Å². The molecule has 4 aliphatic heterocycles. The van der Waals surface area contributed by atoms with Crippen LogP contribution >= 0.6 is 0 Å². The van der Waals surface area contributed by atoms with E-state index in [2.05, 4.69) is 43.7 Å². The van der Waals surface area contributed by atoms with Crippen molar-refractivity contribution >= 4 is 21.6 Å². The van der Waals surface area contributed by atoms with Crippen LogP contribution in [-0.4, -0.2) is 101 Å². The lowest BCUT2D eigenvalue weighted by Gasteiger charge is -2.52. The third-order valence-electron chi connectivity index (χ3n) is 13.5. The smallest absolute Gasteiger partial charge is 0.264 e. The third kappa shape index (κ3) is 6.59. The Morgan fingerprint density at radius 2 is 1.84 bits per heavy atom. The summed E-state index contributed by atoms with van der Waals surface area (Å²) in [7, 11) is -3.85. The molecule has 2 aromatic carbocycles. The zero-order valence-electron chi connectivity index (χ0n) is 30.0. The van der Waals surface area contributed by atoms with Crippen LogP contribution in [0.3, 0.4) is 0 Å². The maximum absolute atomic E-state index is 13.8. The lowest BCUT2D eigenvalue weighted by molar-refractivity contribution is -0.0483. The quantitative estimate of drug-likeness (QED) is 0.455. The summed E-state index contributed by atoms with van der Waals surface area (Å²) >= 11 is 0. The topological polar surface area (TPSA) is 91.4 Å². The molecule has 0 aromatic heterocycles. The first-order valence-electron chi connectivity index (χ1n) is 19.4. The minimum atomic E-state index is -3.85. The number of ether oxygens (including phenoxy) is 2. The minimum absolute atomic E-state index is 0.0360. The van der Waals surface area contributed by atoms with Gasteiger partial charge in [-0.1, -0.05) is 50.5 Å². The molecule has 7 atom stereocenters. The maximum Gasteiger partial charge on any atom is 0.264 e. The Balaban J connectivity index is 1.22. The Morgan fingerprint density at radius 1 is 0.980 bits per heavy atom. The first kappa shape index (κ1) is 34.4. The first-order chi connectivity index (χ1) is 24.2. The van der Waals surface area contributed by atoms with Gasteiger partial charge in [-0.2, -0.15) is 0 Å². The molecule has 10 heteroatoms. The zero-order valence-corrected chi connectivity index (χ0v) is 30.8. The van der Waals surface area contributed by atoms with Gasteiger partial charge in [-0.15, -0.1) is 0 Å². The number of nitrogens with one attached hydrogen (secondary N) is 1. The van der Waals surface area contributed by atoms with Crippen LogP contribution in [0, 0.1) is 17.8 Å². The Morgan fingerprint density at radius 3 is 2.70 bits per heavy atom. The highest BCUT2D eigenvalue weighted by atomic mass is 32.2. The van der Waals surface area contributed by atoms with Crippen molar-refractivity contribution in [2.24, 2.45) is 17.8 Å². The van der Waals surface area contributed by atoms with E-state index in [0.29, 0.717) is 30.0 Å². The molecule has 9 nitrogen and oxygen atoms in total. The van der Waals surface area contributed by atoms with E-state index in [0.717, 1.165) is 102 Å². The monoisotopic (exact) mass is 704 g/mol. The average molecular weight is 705 g/mol. The van der Waals surface area contributed by atoms with Gasteiger partial charge in [-0.25, -0.2) is 13.1 Å². The highest BCUT2D eigenvalue weighted by Crippen LogP contribution is 2.49. The largest absolute Gasteiger partial charge is 0.490 e. The van der Waals surface area contributed by atoms with Crippen LogP contribution in [-0.2, 0) is 26.6 Å². The zero-order chi connectivity index (χ0) is 34.5. The summed E-state index contributed by atoms with van der Waals surface area (Å²) in [6.45, 7) is 11.9. The number of aryl methyl sites for hydroxylation is 1. The van der Waals surface area contributed by atoms with Crippen LogP contribution in [0.5, 0.6) is 5.75 Å². The van der Waals surface area contributed by atoms with Crippen molar-refractivity contribution in [1.82, 2.24) is 14.5 Å². The van der Waals surface area contributed by atoms with Crippen molar-refractivity contribution in [3.05, 3.63) is 59.2 Å². The minimum Gasteiger partial charge on any atom is -0.490 e. The van der Waals surface area contributed by atoms with Crippen LogP contribution in [0.15, 0.2) is 42.5 Å². The summed E-state index contributed by atoms with van der Waals surface area (Å²) in [5, 5.41) is -0.651. The van der Waals surface area contributed by atoms with E-state index in [-0.39, 0.29) is 17.4 Å². The number of rotatable bonds is 2. The number of benzene rings is 2. The van der Waals surface area contributed by atoms with Crippen molar-refractivity contribution in [1.29, 1.82) is 0 Å². The highest BCUT2D eigenvalue weighted by molar-refractivity contribution is 7.90. The number of hydrogen-bond acceptors (Lipinski definition) is 8. The molecule has 50 heavy (non-hydrogen) atoms. The fraction of sp³-hybridized carbons (Fsp3) is 0.675. The fourth-order valence-corrected chi connectivity index (χ4v) is 11.5. The Labute approximate surface area is 299 Å². The number of amides is 1. The normalized spacial score (nSPS) is 35.0. The van der Waals surface area contributed by atoms with Gasteiger partial charge >= 0.3 is 0 Å². The molecule has 1 spiro atoms. The predicted molar refractivity (Wildman–Crippen MR) is 196 cm³/mol. The van der Waals surface area contributed by atoms with Gasteiger partial charge < -0.3 is 14.4 Å². The highest BCUT2D eigenvalue weighted by Gasteiger charge is 2.48. The van der Waals surface area contributed by atoms with Crippen molar-refractivity contribution in [2.75, 3.05) is 64.0 Å². The molecular weight excluding hydrogens is 649 g/mol. The number of morpholine rings is 1. The molecule has 2 bridgehead atoms. The van der Waals surface area contributed by atoms with Crippen molar-refractivity contribution in [3.63, 3.8) is 0 Å². The molecule has 2 aromatic rings. The number of anilines is 1. The Bertz CT molecular complexity index is 1670. The molecule has 6 unspecified atom stereocenters. The molecule has 8 rings (SSSR count). The van der Waals surface area contributed by atoms with Crippen LogP contribution in [0.1, 0.15) is 86.7 Å². The number of carbonyl (C=O) groups excluding carboxylic acids is 1. The fourth-order valence-electron chi connectivity index (χ4n) is 10.2. The molecule has 3 fully saturated rings. The summed E-state index contributed by atoms with van der Waals surface area (Å²) in [4.78, 5) is 21.7. The third-order valence-corrected chi connectivity index (χ3v) is 15.5. The van der Waals surface area contributed by atoms with Crippen LogP contribution < -0.4 is 14.4 Å². The van der Waals surface area contributed by atoms with E-state index in [1.54, 1.807) is 13.0 Å². The van der Waals surface area contributed by atoms with E-state index >= 15 is 0 Å². The van der Waals surface area contributed by atoms with Crippen molar-refractivity contribution in [2.45, 2.75) is 94.4 Å². The lowest BCUT2D eigenvalue weighted by atomic mass is 9.65. The molecular formula is C40H56N4O5S. The predicted octanol–water partition coefficient (Wildman–Crippen LogP) is 5.23. The van der Waals surface area contributed by atoms with E-state index in [9.17, 15) is 13.2 Å². The molecule has 1 saturated carbocycles. The van der Waals surface area contributed by atoms with E-state index in [4.69, 9.17) is 9.47 Å². The molecule has 1 N–H and O–H groups in total. The SMILES string of the molecule is CC1CCCCC2CCC2C(CN2CCN3CCOC[C@H]3C2)N2CC3(CCCc4ccccc43)COc3ccc(cc32)C(=O)NS(=O)(=O)C1C. The second-order valence-electron chi connectivity index (χ2n) is 16.4. The van der Waals surface area contributed by atoms with Gasteiger partial charge in [0.1, 0.15) is 5.75 Å². The second kappa shape index (κ2) is 14.1. The summed E-state index contributed by atoms with van der Waals surface area (Å²) in [6, 6.07) is 15.2. The van der Waals surface area contributed by atoms with Gasteiger partial charge in [0, 0.05) is 62.3 Å². The summed E-state index contributed by atoms with van der Waals surface area (Å²) < 4.78 is 42.2. The summed E-state index contributed by atoms with van der Waals surface area (Å²) in [5.74, 6) is 1.37. The standard InChI is InChI=1S/C40H56N4O5S/c1-28-8-3-4-9-30-13-15-34(30)37(24-42-18-19-43-20-21-48-25-33(43)23-42)44-26-40(17-7-11-31-10-5-6-12-35(31)40)27-49-38-16-14-32(22-36(38)44)39(45)41-50(46,47)29(28)2/h5-6,10,12,14,16,22,28-30,33-34,37H,3-4,7-9,11,13,15,17-21,23-27H2,1-2H3,(H,41,45)/t28?,29?,30?,33-,34?,37?,40?/m1/s1. The maximum atomic E-state index is 13.8. The van der Waals surface area contributed by atoms with Gasteiger partial charge in [0.2, 0.25) is 10.0 Å². The number of nitrogens with zero attached hydrogens (tertiary/aromatic N) is 3. The van der Waals surface area contributed by atoms with Crippen LogP contribution in [0.25, 0.3) is 0 Å². The van der Waals surface area contributed by atoms with Crippen molar-refractivity contribution in [3.8, 4) is 5.75 Å². The van der Waals surface area contributed by atoms with Gasteiger partial charge in [-0.3, -0.25) is 14.6 Å². The number of piperazine rings is 1. The summed E-state index contributed by atoms with van der Waals surface area (Å²) in [5.41, 5.74) is 3.93. The van der Waals surface area contributed by atoms with E-state index in [1.165, 1.54) is 30.4 Å². The Kier molecular flexibility index (Phi) is 9.67. The molecule has 2 aliphatic carbocycles. The number of hydrogen-bond donors (Lipinski definition) is 1. The lowest BCUT2D eigenvalue weighted by Crippen LogP contribution is -2.62. The molecule has 1 amide bonds. The van der Waals surface area contributed by atoms with Gasteiger partial charge in [0.25, 0.3) is 5.91 Å².